The highest BCUT2D eigenvalue weighted by molar-refractivity contribution is 7.99. The number of benzene rings is 2. The Morgan fingerprint density at radius 1 is 0.667 bits per heavy atom. The van der Waals surface area contributed by atoms with Crippen molar-refractivity contribution >= 4 is 32.2 Å². The molecule has 2 atom stereocenters. The third-order valence-electron chi connectivity index (χ3n) is 5.30. The van der Waals surface area contributed by atoms with Gasteiger partial charge in [-0.15, -0.1) is 3.63 Å². The molecule has 11 heteroatoms. The van der Waals surface area contributed by atoms with Crippen LogP contribution in [0.2, 0.25) is 0 Å². The molecule has 39 heavy (non-hydrogen) atoms. The Kier molecular flexibility index (Phi) is 10.1. The van der Waals surface area contributed by atoms with E-state index in [4.69, 9.17) is 9.47 Å². The van der Waals surface area contributed by atoms with E-state index in [-0.39, 0.29) is 11.1 Å². The molecule has 2 unspecified atom stereocenters. The molecule has 0 aliphatic carbocycles. The Labute approximate surface area is 232 Å². The molecule has 0 bridgehead atoms. The lowest BCUT2D eigenvalue weighted by Gasteiger charge is -2.20. The summed E-state index contributed by atoms with van der Waals surface area (Å²) in [4.78, 5) is 24.8. The van der Waals surface area contributed by atoms with Gasteiger partial charge in [0, 0.05) is 0 Å². The maximum atomic E-state index is 12.7. The van der Waals surface area contributed by atoms with Crippen LogP contribution in [0, 0.1) is 0 Å². The zero-order chi connectivity index (χ0) is 29.8. The molecule has 2 rings (SSSR count). The standard InChI is InChI=1S/C28H38O9S2/c1-19(21-11-9-13-23(15-21)25(29)35-27(3,4)5)17-38(31,32)37-39(33,34)18-20(2)22-12-10-14-24(16-22)26(30)36-28(6,7)8/h9-16,19-20H,17-18H2,1-8H3. The third kappa shape index (κ3) is 11.1. The highest BCUT2D eigenvalue weighted by Crippen LogP contribution is 2.24. The molecule has 9 nitrogen and oxygen atoms in total. The Balaban J connectivity index is 2.10. The topological polar surface area (TPSA) is 130 Å². The van der Waals surface area contributed by atoms with Gasteiger partial charge in [-0.25, -0.2) is 9.59 Å². The lowest BCUT2D eigenvalue weighted by Crippen LogP contribution is -2.25. The molecule has 0 amide bonds. The smallest absolute Gasteiger partial charge is 0.338 e. The molecule has 0 aliphatic heterocycles. The predicted molar refractivity (Wildman–Crippen MR) is 149 cm³/mol. The van der Waals surface area contributed by atoms with E-state index in [0.717, 1.165) is 0 Å². The Morgan fingerprint density at radius 3 is 1.31 bits per heavy atom. The maximum Gasteiger partial charge on any atom is 0.338 e. The fourth-order valence-electron chi connectivity index (χ4n) is 3.64. The van der Waals surface area contributed by atoms with E-state index in [1.807, 2.05) is 0 Å². The van der Waals surface area contributed by atoms with Crippen molar-refractivity contribution in [2.45, 2.75) is 78.4 Å². The van der Waals surface area contributed by atoms with Crippen LogP contribution < -0.4 is 0 Å². The van der Waals surface area contributed by atoms with Crippen molar-refractivity contribution in [1.29, 1.82) is 0 Å². The van der Waals surface area contributed by atoms with Gasteiger partial charge in [0.2, 0.25) is 0 Å². The molecule has 0 spiro atoms. The van der Waals surface area contributed by atoms with E-state index in [2.05, 4.69) is 3.63 Å². The molecule has 0 N–H and O–H groups in total. The summed E-state index contributed by atoms with van der Waals surface area (Å²) >= 11 is 0. The number of esters is 2. The molecule has 216 valence electrons. The molecule has 0 aromatic heterocycles. The van der Waals surface area contributed by atoms with Crippen molar-refractivity contribution in [2.24, 2.45) is 0 Å². The molecule has 0 saturated heterocycles. The number of hydrogen-bond donors (Lipinski definition) is 0. The maximum absolute atomic E-state index is 12.7. The number of rotatable bonds is 10. The average molecular weight is 583 g/mol. The highest BCUT2D eigenvalue weighted by Gasteiger charge is 2.29. The fourth-order valence-corrected chi connectivity index (χ4v) is 6.95. The summed E-state index contributed by atoms with van der Waals surface area (Å²) in [6, 6.07) is 12.6. The molecule has 2 aromatic rings. The van der Waals surface area contributed by atoms with Crippen molar-refractivity contribution in [3.63, 3.8) is 0 Å². The minimum Gasteiger partial charge on any atom is -0.456 e. The van der Waals surface area contributed by atoms with Gasteiger partial charge in [0.1, 0.15) is 11.2 Å². The van der Waals surface area contributed by atoms with Crippen LogP contribution in [-0.4, -0.2) is 51.5 Å². The van der Waals surface area contributed by atoms with E-state index in [1.165, 1.54) is 12.1 Å². The second kappa shape index (κ2) is 12.2. The fraction of sp³-hybridized carbons (Fsp3) is 0.500. The van der Waals surface area contributed by atoms with E-state index in [9.17, 15) is 26.4 Å². The molecular weight excluding hydrogens is 544 g/mol. The largest absolute Gasteiger partial charge is 0.456 e. The number of hydrogen-bond acceptors (Lipinski definition) is 9. The quantitative estimate of drug-likeness (QED) is 0.348. The van der Waals surface area contributed by atoms with Gasteiger partial charge >= 0.3 is 11.9 Å². The zero-order valence-electron chi connectivity index (χ0n) is 23.7. The number of carbonyl (C=O) groups excluding carboxylic acids is 2. The second-order valence-electron chi connectivity index (χ2n) is 11.6. The minimum atomic E-state index is -4.50. The Morgan fingerprint density at radius 2 is 1.00 bits per heavy atom. The van der Waals surface area contributed by atoms with Crippen LogP contribution in [0.4, 0.5) is 0 Å². The van der Waals surface area contributed by atoms with Crippen molar-refractivity contribution in [1.82, 2.24) is 0 Å². The van der Waals surface area contributed by atoms with Gasteiger partial charge in [-0.1, -0.05) is 38.1 Å². The zero-order valence-corrected chi connectivity index (χ0v) is 25.3. The second-order valence-corrected chi connectivity index (χ2v) is 15.0. The first kappa shape index (κ1) is 32.5. The van der Waals surface area contributed by atoms with E-state index >= 15 is 0 Å². The average Bonchev–Trinajstić information content (AvgIpc) is 2.75. The minimum absolute atomic E-state index is 0.252. The molecule has 0 heterocycles. The van der Waals surface area contributed by atoms with Crippen LogP contribution >= 0.6 is 0 Å². The van der Waals surface area contributed by atoms with Gasteiger partial charge < -0.3 is 9.47 Å². The molecule has 0 radical (unpaired) electrons. The van der Waals surface area contributed by atoms with Crippen molar-refractivity contribution in [2.75, 3.05) is 11.5 Å². The van der Waals surface area contributed by atoms with Crippen LogP contribution in [0.1, 0.15) is 99.1 Å². The number of ether oxygens (including phenoxy) is 2. The summed E-state index contributed by atoms with van der Waals surface area (Å²) in [6.45, 7) is 13.6. The van der Waals surface area contributed by atoms with Crippen LogP contribution in [0.3, 0.4) is 0 Å². The van der Waals surface area contributed by atoms with Crippen LogP contribution in [-0.2, 0) is 33.3 Å². The monoisotopic (exact) mass is 582 g/mol. The van der Waals surface area contributed by atoms with Crippen molar-refractivity contribution < 1.29 is 39.5 Å². The first-order chi connectivity index (χ1) is 17.7. The summed E-state index contributed by atoms with van der Waals surface area (Å²) in [5.41, 5.74) is 0.132. The van der Waals surface area contributed by atoms with E-state index in [0.29, 0.717) is 11.1 Å². The summed E-state index contributed by atoms with van der Waals surface area (Å²) in [5.74, 6) is -3.68. The molecular formula is C28H38O9S2. The summed E-state index contributed by atoms with van der Waals surface area (Å²) in [7, 11) is -8.99. The van der Waals surface area contributed by atoms with Crippen LogP contribution in [0.25, 0.3) is 0 Å². The van der Waals surface area contributed by atoms with Crippen molar-refractivity contribution in [3.8, 4) is 0 Å². The lowest BCUT2D eigenvalue weighted by molar-refractivity contribution is 0.00569. The molecule has 0 saturated carbocycles. The summed E-state index contributed by atoms with van der Waals surface area (Å²) in [6.07, 6.45) is 0. The van der Waals surface area contributed by atoms with E-state index < -0.39 is 66.7 Å². The Bertz CT molecular complexity index is 1290. The van der Waals surface area contributed by atoms with Gasteiger partial charge in [0.25, 0.3) is 20.2 Å². The van der Waals surface area contributed by atoms with Crippen LogP contribution in [0.5, 0.6) is 0 Å². The predicted octanol–water partition coefficient (Wildman–Crippen LogP) is 5.18. The van der Waals surface area contributed by atoms with Gasteiger partial charge in [0.15, 0.2) is 0 Å². The third-order valence-corrected chi connectivity index (χ3v) is 8.77. The number of carbonyl (C=O) groups is 2. The Hall–Kier alpha value is -2.76. The summed E-state index contributed by atoms with van der Waals surface area (Å²) in [5, 5.41) is 0. The summed E-state index contributed by atoms with van der Waals surface area (Å²) < 4.78 is 66.1. The molecule has 2 aromatic carbocycles. The van der Waals surface area contributed by atoms with Gasteiger partial charge in [-0.3, -0.25) is 0 Å². The van der Waals surface area contributed by atoms with Gasteiger partial charge in [-0.05, 0) is 88.8 Å². The van der Waals surface area contributed by atoms with E-state index in [1.54, 1.807) is 91.8 Å². The van der Waals surface area contributed by atoms with Crippen molar-refractivity contribution in [3.05, 3.63) is 70.8 Å². The van der Waals surface area contributed by atoms with Gasteiger partial charge in [0.05, 0.1) is 22.6 Å². The van der Waals surface area contributed by atoms with Crippen LogP contribution in [0.15, 0.2) is 48.5 Å². The highest BCUT2D eigenvalue weighted by atomic mass is 32.3. The first-order valence-corrected chi connectivity index (χ1v) is 15.6. The molecule has 0 aliphatic rings. The normalized spacial score (nSPS) is 14.4. The SMILES string of the molecule is CC(CS(=O)(=O)OS(=O)(=O)CC(C)c1cccc(C(=O)OC(C)(C)C)c1)c1cccc(C(=O)OC(C)(C)C)c1. The first-order valence-electron chi connectivity index (χ1n) is 12.5. The molecule has 0 fully saturated rings. The van der Waals surface area contributed by atoms with Gasteiger partial charge in [-0.2, -0.15) is 16.8 Å². The lowest BCUT2D eigenvalue weighted by atomic mass is 10.0.